The van der Waals surface area contributed by atoms with Crippen molar-refractivity contribution >= 4 is 28.4 Å². The van der Waals surface area contributed by atoms with Crippen LogP contribution in [0, 0.1) is 0 Å². The summed E-state index contributed by atoms with van der Waals surface area (Å²) in [5.41, 5.74) is 1.30. The molecular weight excluding hydrogens is 352 g/mol. The van der Waals surface area contributed by atoms with E-state index in [0.29, 0.717) is 48.5 Å². The Bertz CT molecular complexity index is 937. The van der Waals surface area contributed by atoms with Gasteiger partial charge in [0.15, 0.2) is 0 Å². The van der Waals surface area contributed by atoms with Gasteiger partial charge in [0.2, 0.25) is 5.88 Å². The lowest BCUT2D eigenvalue weighted by Gasteiger charge is -2.27. The molecule has 26 heavy (non-hydrogen) atoms. The maximum Gasteiger partial charge on any atom is 0.254 e. The summed E-state index contributed by atoms with van der Waals surface area (Å²) < 4.78 is 11.2. The van der Waals surface area contributed by atoms with Crippen molar-refractivity contribution in [1.82, 2.24) is 9.88 Å². The number of carbonyl (C=O) groups is 1. The maximum atomic E-state index is 13.0. The zero-order chi connectivity index (χ0) is 17.9. The summed E-state index contributed by atoms with van der Waals surface area (Å²) in [5.74, 6) is 0.956. The molecule has 1 aromatic heterocycles. The second-order valence-corrected chi connectivity index (χ2v) is 6.42. The molecule has 132 valence electrons. The lowest BCUT2D eigenvalue weighted by molar-refractivity contribution is 0.0304. The third-order valence-electron chi connectivity index (χ3n) is 4.26. The van der Waals surface area contributed by atoms with Gasteiger partial charge < -0.3 is 14.4 Å². The Morgan fingerprint density at radius 2 is 1.81 bits per heavy atom. The van der Waals surface area contributed by atoms with Gasteiger partial charge >= 0.3 is 0 Å². The monoisotopic (exact) mass is 368 g/mol. The van der Waals surface area contributed by atoms with Crippen molar-refractivity contribution in [3.05, 3.63) is 65.2 Å². The Hall–Kier alpha value is -2.63. The highest BCUT2D eigenvalue weighted by Crippen LogP contribution is 2.27. The van der Waals surface area contributed by atoms with E-state index in [1.807, 2.05) is 24.3 Å². The molecule has 3 aromatic rings. The third-order valence-corrected chi connectivity index (χ3v) is 4.51. The Morgan fingerprint density at radius 1 is 1.08 bits per heavy atom. The molecule has 0 saturated carbocycles. The number of morpholine rings is 1. The molecule has 0 atom stereocenters. The number of para-hydroxylation sites is 1. The molecule has 4 rings (SSSR count). The molecule has 6 heteroatoms. The normalized spacial score (nSPS) is 14.4. The number of nitrogens with zero attached hydrogens (tertiary/aromatic N) is 2. The number of carbonyl (C=O) groups excluding carboxylic acids is 1. The van der Waals surface area contributed by atoms with Crippen LogP contribution in [-0.2, 0) is 4.74 Å². The van der Waals surface area contributed by atoms with Crippen LogP contribution in [0.1, 0.15) is 10.4 Å². The minimum atomic E-state index is -0.0344. The van der Waals surface area contributed by atoms with E-state index in [4.69, 9.17) is 21.1 Å². The first kappa shape index (κ1) is 16.8. The van der Waals surface area contributed by atoms with Crippen molar-refractivity contribution in [2.24, 2.45) is 0 Å². The standard InChI is InChI=1S/C20H17ClN2O3/c21-14-5-7-15(8-6-14)26-19-13-17(16-3-1-2-4-18(16)22-19)20(24)23-9-11-25-12-10-23/h1-8,13H,9-12H2. The molecule has 1 saturated heterocycles. The van der Waals surface area contributed by atoms with Crippen LogP contribution in [0.2, 0.25) is 5.02 Å². The zero-order valence-electron chi connectivity index (χ0n) is 14.0. The first-order valence-corrected chi connectivity index (χ1v) is 8.79. The summed E-state index contributed by atoms with van der Waals surface area (Å²) in [4.78, 5) is 19.4. The van der Waals surface area contributed by atoms with Gasteiger partial charge in [0.05, 0.1) is 24.3 Å². The Balaban J connectivity index is 1.72. The zero-order valence-corrected chi connectivity index (χ0v) is 14.8. The van der Waals surface area contributed by atoms with Gasteiger partial charge in [-0.05, 0) is 30.3 Å². The predicted octanol–water partition coefficient (Wildman–Crippen LogP) is 4.15. The molecule has 2 heterocycles. The van der Waals surface area contributed by atoms with Crippen LogP contribution in [0.15, 0.2) is 54.6 Å². The van der Waals surface area contributed by atoms with Gasteiger partial charge in [-0.2, -0.15) is 0 Å². The molecule has 2 aromatic carbocycles. The second kappa shape index (κ2) is 7.32. The number of amides is 1. The van der Waals surface area contributed by atoms with Crippen LogP contribution in [0.5, 0.6) is 11.6 Å². The topological polar surface area (TPSA) is 51.7 Å². The fraction of sp³-hybridized carbons (Fsp3) is 0.200. The van der Waals surface area contributed by atoms with E-state index in [-0.39, 0.29) is 5.91 Å². The first-order valence-electron chi connectivity index (χ1n) is 8.41. The number of hydrogen-bond acceptors (Lipinski definition) is 4. The Kier molecular flexibility index (Phi) is 4.73. The molecule has 0 N–H and O–H groups in total. The highest BCUT2D eigenvalue weighted by Gasteiger charge is 2.22. The number of benzene rings is 2. The largest absolute Gasteiger partial charge is 0.439 e. The number of halogens is 1. The minimum Gasteiger partial charge on any atom is -0.439 e. The predicted molar refractivity (Wildman–Crippen MR) is 100.0 cm³/mol. The smallest absolute Gasteiger partial charge is 0.254 e. The van der Waals surface area contributed by atoms with Crippen LogP contribution < -0.4 is 4.74 Å². The van der Waals surface area contributed by atoms with Crippen molar-refractivity contribution < 1.29 is 14.3 Å². The maximum absolute atomic E-state index is 13.0. The SMILES string of the molecule is O=C(c1cc(Oc2ccc(Cl)cc2)nc2ccccc12)N1CCOCC1. The van der Waals surface area contributed by atoms with Gasteiger partial charge in [0, 0.05) is 29.6 Å². The lowest BCUT2D eigenvalue weighted by Crippen LogP contribution is -2.40. The fourth-order valence-electron chi connectivity index (χ4n) is 2.94. The Morgan fingerprint density at radius 3 is 2.58 bits per heavy atom. The number of aromatic nitrogens is 1. The van der Waals surface area contributed by atoms with Gasteiger partial charge in [-0.15, -0.1) is 0 Å². The molecular formula is C20H17ClN2O3. The third kappa shape index (κ3) is 3.49. The van der Waals surface area contributed by atoms with Gasteiger partial charge in [0.1, 0.15) is 5.75 Å². The molecule has 0 bridgehead atoms. The van der Waals surface area contributed by atoms with Crippen LogP contribution in [0.25, 0.3) is 10.9 Å². The van der Waals surface area contributed by atoms with E-state index in [1.165, 1.54) is 0 Å². The molecule has 5 nitrogen and oxygen atoms in total. The second-order valence-electron chi connectivity index (χ2n) is 5.99. The van der Waals surface area contributed by atoms with E-state index in [9.17, 15) is 4.79 Å². The number of pyridine rings is 1. The van der Waals surface area contributed by atoms with Crippen molar-refractivity contribution in [2.75, 3.05) is 26.3 Å². The summed E-state index contributed by atoms with van der Waals surface area (Å²) in [6, 6.07) is 16.3. The molecule has 1 amide bonds. The van der Waals surface area contributed by atoms with Crippen molar-refractivity contribution in [3.63, 3.8) is 0 Å². The average Bonchev–Trinajstić information content (AvgIpc) is 2.69. The summed E-state index contributed by atoms with van der Waals surface area (Å²) in [7, 11) is 0. The van der Waals surface area contributed by atoms with E-state index >= 15 is 0 Å². The van der Waals surface area contributed by atoms with Crippen LogP contribution >= 0.6 is 11.6 Å². The number of rotatable bonds is 3. The molecule has 1 fully saturated rings. The van der Waals surface area contributed by atoms with Crippen LogP contribution in [0.3, 0.4) is 0 Å². The Labute approximate surface area is 156 Å². The molecule has 1 aliphatic rings. The minimum absolute atomic E-state index is 0.0344. The number of ether oxygens (including phenoxy) is 2. The molecule has 1 aliphatic heterocycles. The van der Waals surface area contributed by atoms with Gasteiger partial charge in [-0.1, -0.05) is 29.8 Å². The molecule has 0 aliphatic carbocycles. The quantitative estimate of drug-likeness (QED) is 0.696. The van der Waals surface area contributed by atoms with Gasteiger partial charge in [-0.25, -0.2) is 4.98 Å². The van der Waals surface area contributed by atoms with Crippen molar-refractivity contribution in [1.29, 1.82) is 0 Å². The average molecular weight is 369 g/mol. The number of fused-ring (bicyclic) bond motifs is 1. The van der Waals surface area contributed by atoms with Crippen LogP contribution in [0.4, 0.5) is 0 Å². The van der Waals surface area contributed by atoms with E-state index in [2.05, 4.69) is 4.98 Å². The lowest BCUT2D eigenvalue weighted by atomic mass is 10.1. The summed E-state index contributed by atoms with van der Waals surface area (Å²) in [5, 5.41) is 1.44. The highest BCUT2D eigenvalue weighted by atomic mass is 35.5. The van der Waals surface area contributed by atoms with E-state index in [0.717, 1.165) is 10.9 Å². The van der Waals surface area contributed by atoms with Crippen molar-refractivity contribution in [2.45, 2.75) is 0 Å². The summed E-state index contributed by atoms with van der Waals surface area (Å²) in [6.45, 7) is 2.29. The fourth-order valence-corrected chi connectivity index (χ4v) is 3.07. The first-order chi connectivity index (χ1) is 12.7. The van der Waals surface area contributed by atoms with Crippen molar-refractivity contribution in [3.8, 4) is 11.6 Å². The number of hydrogen-bond donors (Lipinski definition) is 0. The van der Waals surface area contributed by atoms with E-state index in [1.54, 1.807) is 35.2 Å². The molecule has 0 spiro atoms. The highest BCUT2D eigenvalue weighted by molar-refractivity contribution is 6.30. The van der Waals surface area contributed by atoms with E-state index < -0.39 is 0 Å². The van der Waals surface area contributed by atoms with Crippen LogP contribution in [-0.4, -0.2) is 42.1 Å². The summed E-state index contributed by atoms with van der Waals surface area (Å²) in [6.07, 6.45) is 0. The molecule has 0 unspecified atom stereocenters. The molecule has 0 radical (unpaired) electrons. The van der Waals surface area contributed by atoms with Gasteiger partial charge in [0.25, 0.3) is 5.91 Å². The summed E-state index contributed by atoms with van der Waals surface area (Å²) >= 11 is 5.91. The van der Waals surface area contributed by atoms with Gasteiger partial charge in [-0.3, -0.25) is 4.79 Å².